The predicted molar refractivity (Wildman–Crippen MR) is 62.8 cm³/mol. The van der Waals surface area contributed by atoms with E-state index in [2.05, 4.69) is 4.74 Å². The SMILES string of the molecule is COC(=O)C[C@@H](CCC(F)(F)F)c1cccc(O)c1. The van der Waals surface area contributed by atoms with Crippen molar-refractivity contribution in [2.75, 3.05) is 7.11 Å². The largest absolute Gasteiger partial charge is 0.508 e. The monoisotopic (exact) mass is 276 g/mol. The molecule has 0 bridgehead atoms. The van der Waals surface area contributed by atoms with Crippen LogP contribution < -0.4 is 0 Å². The number of alkyl halides is 3. The zero-order valence-electron chi connectivity index (χ0n) is 10.4. The van der Waals surface area contributed by atoms with Crippen molar-refractivity contribution in [2.24, 2.45) is 0 Å². The maximum atomic E-state index is 12.3. The molecule has 0 unspecified atom stereocenters. The van der Waals surface area contributed by atoms with E-state index in [1.165, 1.54) is 25.3 Å². The average molecular weight is 276 g/mol. The molecule has 0 aliphatic heterocycles. The summed E-state index contributed by atoms with van der Waals surface area (Å²) in [7, 11) is 1.19. The molecular formula is C13H15F3O3. The van der Waals surface area contributed by atoms with Crippen LogP contribution in [0.2, 0.25) is 0 Å². The lowest BCUT2D eigenvalue weighted by Gasteiger charge is -2.17. The number of aromatic hydroxyl groups is 1. The number of phenolic OH excluding ortho intramolecular Hbond substituents is 1. The summed E-state index contributed by atoms with van der Waals surface area (Å²) < 4.78 is 41.3. The van der Waals surface area contributed by atoms with Gasteiger partial charge in [0, 0.05) is 6.42 Å². The Kier molecular flexibility index (Phi) is 5.20. The van der Waals surface area contributed by atoms with Crippen LogP contribution in [-0.4, -0.2) is 24.4 Å². The number of rotatable bonds is 5. The molecule has 1 atom stereocenters. The fourth-order valence-corrected chi connectivity index (χ4v) is 1.79. The van der Waals surface area contributed by atoms with Crippen molar-refractivity contribution in [3.63, 3.8) is 0 Å². The van der Waals surface area contributed by atoms with E-state index >= 15 is 0 Å². The number of phenols is 1. The quantitative estimate of drug-likeness (QED) is 0.839. The van der Waals surface area contributed by atoms with Crippen LogP contribution in [0.5, 0.6) is 5.75 Å². The highest BCUT2D eigenvalue weighted by Gasteiger charge is 2.29. The van der Waals surface area contributed by atoms with E-state index in [4.69, 9.17) is 0 Å². The Morgan fingerprint density at radius 1 is 1.42 bits per heavy atom. The van der Waals surface area contributed by atoms with Gasteiger partial charge in [-0.2, -0.15) is 13.2 Å². The predicted octanol–water partition coefficient (Wildman–Crippen LogP) is 3.38. The normalized spacial score (nSPS) is 13.1. The summed E-state index contributed by atoms with van der Waals surface area (Å²) in [6, 6.07) is 5.90. The topological polar surface area (TPSA) is 46.5 Å². The van der Waals surface area contributed by atoms with Crippen LogP contribution >= 0.6 is 0 Å². The zero-order valence-corrected chi connectivity index (χ0v) is 10.4. The summed E-state index contributed by atoms with van der Waals surface area (Å²) in [6.45, 7) is 0. The van der Waals surface area contributed by atoms with Crippen molar-refractivity contribution >= 4 is 5.97 Å². The van der Waals surface area contributed by atoms with Gasteiger partial charge in [-0.15, -0.1) is 0 Å². The molecule has 0 saturated heterocycles. The smallest absolute Gasteiger partial charge is 0.389 e. The van der Waals surface area contributed by atoms with E-state index in [1.54, 1.807) is 6.07 Å². The lowest BCUT2D eigenvalue weighted by molar-refractivity contribution is -0.144. The Morgan fingerprint density at radius 2 is 2.11 bits per heavy atom. The summed E-state index contributed by atoms with van der Waals surface area (Å²) in [4.78, 5) is 11.2. The van der Waals surface area contributed by atoms with Gasteiger partial charge in [-0.05, 0) is 30.0 Å². The standard InChI is InChI=1S/C13H15F3O3/c1-19-12(18)8-10(5-6-13(14,15)16)9-3-2-4-11(17)7-9/h2-4,7,10,17H,5-6,8H2,1H3/t10-/m1/s1. The average Bonchev–Trinajstić information content (AvgIpc) is 2.33. The van der Waals surface area contributed by atoms with Crippen LogP contribution in [0.1, 0.15) is 30.7 Å². The Labute approximate surface area is 109 Å². The van der Waals surface area contributed by atoms with Gasteiger partial charge < -0.3 is 9.84 Å². The Hall–Kier alpha value is -1.72. The number of carbonyl (C=O) groups excluding carboxylic acids is 1. The van der Waals surface area contributed by atoms with Crippen LogP contribution in [0.25, 0.3) is 0 Å². The third kappa shape index (κ3) is 5.63. The molecule has 1 aromatic carbocycles. The second-order valence-electron chi connectivity index (χ2n) is 4.23. The minimum atomic E-state index is -4.27. The van der Waals surface area contributed by atoms with Gasteiger partial charge in [-0.1, -0.05) is 12.1 Å². The molecule has 0 heterocycles. The van der Waals surface area contributed by atoms with E-state index in [0.717, 1.165) is 0 Å². The van der Waals surface area contributed by atoms with Crippen LogP contribution in [0.3, 0.4) is 0 Å². The molecule has 19 heavy (non-hydrogen) atoms. The first-order valence-corrected chi connectivity index (χ1v) is 5.74. The van der Waals surface area contributed by atoms with Gasteiger partial charge in [0.05, 0.1) is 13.5 Å². The number of ether oxygens (including phenoxy) is 1. The minimum Gasteiger partial charge on any atom is -0.508 e. The van der Waals surface area contributed by atoms with Gasteiger partial charge in [-0.3, -0.25) is 4.79 Å². The van der Waals surface area contributed by atoms with Gasteiger partial charge >= 0.3 is 12.1 Å². The van der Waals surface area contributed by atoms with Crippen molar-refractivity contribution < 1.29 is 27.8 Å². The van der Waals surface area contributed by atoms with E-state index in [9.17, 15) is 23.1 Å². The van der Waals surface area contributed by atoms with Crippen LogP contribution in [0.15, 0.2) is 24.3 Å². The number of benzene rings is 1. The molecule has 0 radical (unpaired) electrons. The second kappa shape index (κ2) is 6.45. The fourth-order valence-electron chi connectivity index (χ4n) is 1.79. The molecule has 0 saturated carbocycles. The maximum absolute atomic E-state index is 12.3. The van der Waals surface area contributed by atoms with Crippen molar-refractivity contribution in [1.29, 1.82) is 0 Å². The number of hydrogen-bond donors (Lipinski definition) is 1. The molecule has 6 heteroatoms. The Morgan fingerprint density at radius 3 is 2.63 bits per heavy atom. The van der Waals surface area contributed by atoms with Gasteiger partial charge in [0.2, 0.25) is 0 Å². The molecular weight excluding hydrogens is 261 g/mol. The molecule has 3 nitrogen and oxygen atoms in total. The van der Waals surface area contributed by atoms with E-state index in [0.29, 0.717) is 5.56 Å². The molecule has 0 fully saturated rings. The molecule has 0 amide bonds. The summed E-state index contributed by atoms with van der Waals surface area (Å²) in [5.74, 6) is -1.24. The highest BCUT2D eigenvalue weighted by atomic mass is 19.4. The lowest BCUT2D eigenvalue weighted by atomic mass is 9.91. The summed E-state index contributed by atoms with van der Waals surface area (Å²) >= 11 is 0. The third-order valence-corrected chi connectivity index (χ3v) is 2.76. The number of methoxy groups -OCH3 is 1. The molecule has 0 spiro atoms. The number of hydrogen-bond acceptors (Lipinski definition) is 3. The van der Waals surface area contributed by atoms with E-state index < -0.39 is 24.5 Å². The minimum absolute atomic E-state index is 0.0422. The molecule has 1 aromatic rings. The highest BCUT2D eigenvalue weighted by Crippen LogP contribution is 2.32. The summed E-state index contributed by atoms with van der Waals surface area (Å²) in [6.07, 6.45) is -5.62. The van der Waals surface area contributed by atoms with E-state index in [1.807, 2.05) is 0 Å². The van der Waals surface area contributed by atoms with Crippen LogP contribution in [0, 0.1) is 0 Å². The maximum Gasteiger partial charge on any atom is 0.389 e. The fraction of sp³-hybridized carbons (Fsp3) is 0.462. The second-order valence-corrected chi connectivity index (χ2v) is 4.23. The Balaban J connectivity index is 2.82. The number of esters is 1. The molecule has 0 aliphatic rings. The van der Waals surface area contributed by atoms with Gasteiger partial charge in [0.25, 0.3) is 0 Å². The van der Waals surface area contributed by atoms with Crippen molar-refractivity contribution in [3.8, 4) is 5.75 Å². The third-order valence-electron chi connectivity index (χ3n) is 2.76. The highest BCUT2D eigenvalue weighted by molar-refractivity contribution is 5.70. The summed E-state index contributed by atoms with van der Waals surface area (Å²) in [5.41, 5.74) is 0.495. The molecule has 0 aliphatic carbocycles. The number of carbonyl (C=O) groups is 1. The summed E-state index contributed by atoms with van der Waals surface area (Å²) in [5, 5.41) is 9.34. The first kappa shape index (κ1) is 15.3. The van der Waals surface area contributed by atoms with E-state index in [-0.39, 0.29) is 18.6 Å². The van der Waals surface area contributed by atoms with Gasteiger partial charge in [0.15, 0.2) is 0 Å². The van der Waals surface area contributed by atoms with Crippen molar-refractivity contribution in [2.45, 2.75) is 31.4 Å². The van der Waals surface area contributed by atoms with Crippen molar-refractivity contribution in [1.82, 2.24) is 0 Å². The van der Waals surface area contributed by atoms with Gasteiger partial charge in [-0.25, -0.2) is 0 Å². The molecule has 0 aromatic heterocycles. The number of halogens is 3. The lowest BCUT2D eigenvalue weighted by Crippen LogP contribution is -2.13. The van der Waals surface area contributed by atoms with Crippen LogP contribution in [0.4, 0.5) is 13.2 Å². The molecule has 1 N–H and O–H groups in total. The van der Waals surface area contributed by atoms with Gasteiger partial charge in [0.1, 0.15) is 5.75 Å². The first-order valence-electron chi connectivity index (χ1n) is 5.74. The molecule has 106 valence electrons. The van der Waals surface area contributed by atoms with Crippen molar-refractivity contribution in [3.05, 3.63) is 29.8 Å². The Bertz CT molecular complexity index is 429. The zero-order chi connectivity index (χ0) is 14.5. The first-order chi connectivity index (χ1) is 8.81. The molecule has 1 rings (SSSR count). The van der Waals surface area contributed by atoms with Crippen LogP contribution in [-0.2, 0) is 9.53 Å².